The SMILES string of the molecule is COC(C)(C)CCNc1ccccc1CNC(=O)OC(C)(C)C. The van der Waals surface area contributed by atoms with Crippen LogP contribution in [-0.2, 0) is 16.0 Å². The summed E-state index contributed by atoms with van der Waals surface area (Å²) in [5.41, 5.74) is 1.38. The quantitative estimate of drug-likeness (QED) is 0.798. The van der Waals surface area contributed by atoms with Crippen molar-refractivity contribution in [1.29, 1.82) is 0 Å². The van der Waals surface area contributed by atoms with Gasteiger partial charge in [-0.25, -0.2) is 4.79 Å². The molecule has 23 heavy (non-hydrogen) atoms. The summed E-state index contributed by atoms with van der Waals surface area (Å²) in [5.74, 6) is 0. The Kier molecular flexibility index (Phi) is 6.88. The summed E-state index contributed by atoms with van der Waals surface area (Å²) in [6.07, 6.45) is 0.477. The fourth-order valence-electron chi connectivity index (χ4n) is 1.93. The van der Waals surface area contributed by atoms with Crippen molar-refractivity contribution in [2.24, 2.45) is 0 Å². The molecule has 1 amide bonds. The lowest BCUT2D eigenvalue weighted by atomic mass is 10.1. The number of benzene rings is 1. The summed E-state index contributed by atoms with van der Waals surface area (Å²) in [6, 6.07) is 7.92. The number of methoxy groups -OCH3 is 1. The van der Waals surface area contributed by atoms with Gasteiger partial charge in [-0.15, -0.1) is 0 Å². The zero-order chi connectivity index (χ0) is 17.5. The Morgan fingerprint density at radius 1 is 1.13 bits per heavy atom. The molecule has 1 aromatic carbocycles. The van der Waals surface area contributed by atoms with Gasteiger partial charge in [-0.1, -0.05) is 18.2 Å². The molecule has 0 unspecified atom stereocenters. The number of para-hydroxylation sites is 1. The number of carbonyl (C=O) groups is 1. The van der Waals surface area contributed by atoms with Crippen LogP contribution in [0, 0.1) is 0 Å². The first-order valence-corrected chi connectivity index (χ1v) is 7.97. The first-order chi connectivity index (χ1) is 10.6. The van der Waals surface area contributed by atoms with Gasteiger partial charge in [-0.2, -0.15) is 0 Å². The topological polar surface area (TPSA) is 59.6 Å². The summed E-state index contributed by atoms with van der Waals surface area (Å²) >= 11 is 0. The Labute approximate surface area is 139 Å². The van der Waals surface area contributed by atoms with Gasteiger partial charge >= 0.3 is 6.09 Å². The van der Waals surface area contributed by atoms with Crippen molar-refractivity contribution in [3.05, 3.63) is 29.8 Å². The maximum Gasteiger partial charge on any atom is 0.407 e. The molecule has 2 N–H and O–H groups in total. The molecule has 0 radical (unpaired) electrons. The minimum Gasteiger partial charge on any atom is -0.444 e. The number of hydrogen-bond acceptors (Lipinski definition) is 4. The van der Waals surface area contributed by atoms with Gasteiger partial charge < -0.3 is 20.1 Å². The molecule has 0 saturated carbocycles. The molecular weight excluding hydrogens is 292 g/mol. The highest BCUT2D eigenvalue weighted by molar-refractivity contribution is 5.68. The highest BCUT2D eigenvalue weighted by Gasteiger charge is 2.17. The predicted molar refractivity (Wildman–Crippen MR) is 93.7 cm³/mol. The molecule has 0 fully saturated rings. The van der Waals surface area contributed by atoms with Gasteiger partial charge in [0.05, 0.1) is 5.60 Å². The van der Waals surface area contributed by atoms with Crippen LogP contribution in [0.4, 0.5) is 10.5 Å². The number of carbonyl (C=O) groups excluding carboxylic acids is 1. The molecule has 0 atom stereocenters. The van der Waals surface area contributed by atoms with Crippen LogP contribution in [0.3, 0.4) is 0 Å². The maximum atomic E-state index is 11.8. The van der Waals surface area contributed by atoms with E-state index in [1.54, 1.807) is 7.11 Å². The largest absolute Gasteiger partial charge is 0.444 e. The molecule has 130 valence electrons. The van der Waals surface area contributed by atoms with E-state index in [9.17, 15) is 4.79 Å². The molecular formula is C18H30N2O3. The van der Waals surface area contributed by atoms with Crippen molar-refractivity contribution in [2.75, 3.05) is 19.0 Å². The van der Waals surface area contributed by atoms with E-state index < -0.39 is 11.7 Å². The van der Waals surface area contributed by atoms with Gasteiger partial charge in [0.15, 0.2) is 0 Å². The van der Waals surface area contributed by atoms with Gasteiger partial charge in [-0.3, -0.25) is 0 Å². The third kappa shape index (κ3) is 7.88. The van der Waals surface area contributed by atoms with E-state index in [1.807, 2.05) is 45.0 Å². The second-order valence-electron chi connectivity index (χ2n) is 7.15. The van der Waals surface area contributed by atoms with Crippen molar-refractivity contribution >= 4 is 11.8 Å². The van der Waals surface area contributed by atoms with Crippen LogP contribution in [-0.4, -0.2) is 30.9 Å². The van der Waals surface area contributed by atoms with E-state index in [2.05, 4.69) is 24.5 Å². The Morgan fingerprint density at radius 2 is 1.78 bits per heavy atom. The molecule has 0 spiro atoms. The van der Waals surface area contributed by atoms with Gasteiger partial charge in [0.2, 0.25) is 0 Å². The van der Waals surface area contributed by atoms with Gasteiger partial charge in [-0.05, 0) is 52.7 Å². The average Bonchev–Trinajstić information content (AvgIpc) is 2.44. The second-order valence-corrected chi connectivity index (χ2v) is 7.15. The lowest BCUT2D eigenvalue weighted by Crippen LogP contribution is -2.32. The third-order valence-electron chi connectivity index (χ3n) is 3.43. The Hall–Kier alpha value is -1.75. The smallest absolute Gasteiger partial charge is 0.407 e. The van der Waals surface area contributed by atoms with E-state index in [1.165, 1.54) is 0 Å². The van der Waals surface area contributed by atoms with E-state index in [0.29, 0.717) is 6.54 Å². The molecule has 0 aliphatic rings. The van der Waals surface area contributed by atoms with Crippen LogP contribution >= 0.6 is 0 Å². The summed E-state index contributed by atoms with van der Waals surface area (Å²) in [6.45, 7) is 10.9. The number of amides is 1. The molecule has 0 bridgehead atoms. The Balaban J connectivity index is 2.55. The van der Waals surface area contributed by atoms with Crippen LogP contribution in [0.5, 0.6) is 0 Å². The monoisotopic (exact) mass is 322 g/mol. The van der Waals surface area contributed by atoms with Crippen molar-refractivity contribution in [3.8, 4) is 0 Å². The molecule has 0 aliphatic carbocycles. The molecule has 5 nitrogen and oxygen atoms in total. The highest BCUT2D eigenvalue weighted by Crippen LogP contribution is 2.18. The van der Waals surface area contributed by atoms with E-state index >= 15 is 0 Å². The fraction of sp³-hybridized carbons (Fsp3) is 0.611. The Bertz CT molecular complexity index is 507. The van der Waals surface area contributed by atoms with Crippen LogP contribution in [0.15, 0.2) is 24.3 Å². The summed E-state index contributed by atoms with van der Waals surface area (Å²) < 4.78 is 10.7. The first kappa shape index (κ1) is 19.3. The highest BCUT2D eigenvalue weighted by atomic mass is 16.6. The molecule has 5 heteroatoms. The lowest BCUT2D eigenvalue weighted by Gasteiger charge is -2.23. The maximum absolute atomic E-state index is 11.8. The lowest BCUT2D eigenvalue weighted by molar-refractivity contribution is 0.0185. The van der Waals surface area contributed by atoms with Crippen LogP contribution in [0.2, 0.25) is 0 Å². The van der Waals surface area contributed by atoms with Crippen molar-refractivity contribution < 1.29 is 14.3 Å². The molecule has 0 aromatic heterocycles. The van der Waals surface area contributed by atoms with Crippen molar-refractivity contribution in [2.45, 2.75) is 58.8 Å². The predicted octanol–water partition coefficient (Wildman–Crippen LogP) is 3.94. The third-order valence-corrected chi connectivity index (χ3v) is 3.43. The van der Waals surface area contributed by atoms with Crippen LogP contribution < -0.4 is 10.6 Å². The zero-order valence-corrected chi connectivity index (χ0v) is 15.2. The number of rotatable bonds is 7. The fourth-order valence-corrected chi connectivity index (χ4v) is 1.93. The molecule has 0 aliphatic heterocycles. The molecule has 0 heterocycles. The number of anilines is 1. The summed E-state index contributed by atoms with van der Waals surface area (Å²) in [4.78, 5) is 11.8. The van der Waals surface area contributed by atoms with Gasteiger partial charge in [0, 0.05) is 25.9 Å². The van der Waals surface area contributed by atoms with Gasteiger partial charge in [0.1, 0.15) is 5.60 Å². The molecule has 1 aromatic rings. The summed E-state index contributed by atoms with van der Waals surface area (Å²) in [5, 5.41) is 6.19. The standard InChI is InChI=1S/C18H30N2O3/c1-17(2,3)23-16(21)20-13-14-9-7-8-10-15(14)19-12-11-18(4,5)22-6/h7-10,19H,11-13H2,1-6H3,(H,20,21). The number of alkyl carbamates (subject to hydrolysis) is 1. The number of nitrogens with one attached hydrogen (secondary N) is 2. The number of hydrogen-bond donors (Lipinski definition) is 2. The second kappa shape index (κ2) is 8.20. The van der Waals surface area contributed by atoms with Crippen LogP contribution in [0.1, 0.15) is 46.6 Å². The number of ether oxygens (including phenoxy) is 2. The van der Waals surface area contributed by atoms with Crippen molar-refractivity contribution in [3.63, 3.8) is 0 Å². The minimum absolute atomic E-state index is 0.156. The Morgan fingerprint density at radius 3 is 2.39 bits per heavy atom. The zero-order valence-electron chi connectivity index (χ0n) is 15.2. The van der Waals surface area contributed by atoms with Crippen molar-refractivity contribution in [1.82, 2.24) is 5.32 Å². The van der Waals surface area contributed by atoms with E-state index in [0.717, 1.165) is 24.2 Å². The first-order valence-electron chi connectivity index (χ1n) is 7.97. The normalized spacial score (nSPS) is 11.9. The average molecular weight is 322 g/mol. The van der Waals surface area contributed by atoms with E-state index in [-0.39, 0.29) is 5.60 Å². The van der Waals surface area contributed by atoms with E-state index in [4.69, 9.17) is 9.47 Å². The molecule has 1 rings (SSSR count). The summed E-state index contributed by atoms with van der Waals surface area (Å²) in [7, 11) is 1.72. The molecule has 0 saturated heterocycles. The van der Waals surface area contributed by atoms with Crippen LogP contribution in [0.25, 0.3) is 0 Å². The minimum atomic E-state index is -0.492. The van der Waals surface area contributed by atoms with Gasteiger partial charge in [0.25, 0.3) is 0 Å².